The molecule has 0 saturated carbocycles. The highest BCUT2D eigenvalue weighted by atomic mass is 16.2. The van der Waals surface area contributed by atoms with Crippen LogP contribution < -0.4 is 9.80 Å². The standard InChI is InChI=1S/C29H33N5O2/c1-3-21-11-8-12-22(4-2)28(21)34-19-24(17-27(34)35)29(36)33-15-13-32(14-16-33)26-18-25(30-20-31-26)23-9-6-5-7-10-23/h5-12,18,20,24H,3-4,13-17,19H2,1-2H3. The fourth-order valence-electron chi connectivity index (χ4n) is 5.35. The summed E-state index contributed by atoms with van der Waals surface area (Å²) in [4.78, 5) is 41.3. The van der Waals surface area contributed by atoms with E-state index in [9.17, 15) is 9.59 Å². The Kier molecular flexibility index (Phi) is 6.98. The first-order valence-electron chi connectivity index (χ1n) is 12.9. The third kappa shape index (κ3) is 4.70. The summed E-state index contributed by atoms with van der Waals surface area (Å²) in [5.41, 5.74) is 5.31. The van der Waals surface area contributed by atoms with Crippen molar-refractivity contribution < 1.29 is 9.59 Å². The molecule has 0 N–H and O–H groups in total. The highest BCUT2D eigenvalue weighted by Crippen LogP contribution is 2.33. The number of hydrogen-bond donors (Lipinski definition) is 0. The van der Waals surface area contributed by atoms with E-state index in [1.165, 1.54) is 11.1 Å². The Balaban J connectivity index is 1.24. The van der Waals surface area contributed by atoms with E-state index >= 15 is 0 Å². The quantitative estimate of drug-likeness (QED) is 0.531. The van der Waals surface area contributed by atoms with Gasteiger partial charge in [0, 0.05) is 56.5 Å². The normalized spacial score (nSPS) is 18.1. The molecule has 1 unspecified atom stereocenters. The largest absolute Gasteiger partial charge is 0.353 e. The van der Waals surface area contributed by atoms with Crippen LogP contribution in [-0.4, -0.2) is 59.4 Å². The van der Waals surface area contributed by atoms with Crippen LogP contribution in [0.15, 0.2) is 60.9 Å². The molecular formula is C29H33N5O2. The molecule has 2 aliphatic heterocycles. The van der Waals surface area contributed by atoms with E-state index in [-0.39, 0.29) is 24.2 Å². The first kappa shape index (κ1) is 24.0. The highest BCUT2D eigenvalue weighted by molar-refractivity contribution is 6.01. The topological polar surface area (TPSA) is 69.6 Å². The van der Waals surface area contributed by atoms with Gasteiger partial charge in [-0.05, 0) is 24.0 Å². The number of aromatic nitrogens is 2. The summed E-state index contributed by atoms with van der Waals surface area (Å²) in [6, 6.07) is 18.3. The number of carbonyl (C=O) groups excluding carboxylic acids is 2. The molecule has 1 atom stereocenters. The molecule has 0 bridgehead atoms. The molecular weight excluding hydrogens is 450 g/mol. The number of hydrogen-bond acceptors (Lipinski definition) is 5. The summed E-state index contributed by atoms with van der Waals surface area (Å²) in [6.07, 6.45) is 3.62. The zero-order valence-corrected chi connectivity index (χ0v) is 21.1. The second-order valence-electron chi connectivity index (χ2n) is 9.48. The fraction of sp³-hybridized carbons (Fsp3) is 0.379. The van der Waals surface area contributed by atoms with Gasteiger partial charge in [-0.1, -0.05) is 62.4 Å². The van der Waals surface area contributed by atoms with Gasteiger partial charge in [-0.2, -0.15) is 0 Å². The molecule has 5 rings (SSSR count). The number of carbonyl (C=O) groups is 2. The molecule has 3 aromatic rings. The van der Waals surface area contributed by atoms with Crippen molar-refractivity contribution in [3.8, 4) is 11.3 Å². The molecule has 0 radical (unpaired) electrons. The minimum absolute atomic E-state index is 0.0528. The molecule has 7 heteroatoms. The Morgan fingerprint density at radius 3 is 2.28 bits per heavy atom. The van der Waals surface area contributed by atoms with Crippen LogP contribution in [0, 0.1) is 5.92 Å². The van der Waals surface area contributed by atoms with Crippen LogP contribution in [0.5, 0.6) is 0 Å². The van der Waals surface area contributed by atoms with E-state index in [1.54, 1.807) is 6.33 Å². The van der Waals surface area contributed by atoms with Crippen molar-refractivity contribution in [3.05, 3.63) is 72.1 Å². The summed E-state index contributed by atoms with van der Waals surface area (Å²) in [7, 11) is 0. The number of aryl methyl sites for hydroxylation is 2. The molecule has 1 aromatic heterocycles. The highest BCUT2D eigenvalue weighted by Gasteiger charge is 2.39. The maximum atomic E-state index is 13.4. The third-order valence-corrected chi connectivity index (χ3v) is 7.35. The van der Waals surface area contributed by atoms with Crippen LogP contribution in [0.4, 0.5) is 11.5 Å². The molecule has 7 nitrogen and oxygen atoms in total. The number of benzene rings is 2. The Labute approximate surface area is 212 Å². The number of piperazine rings is 1. The molecule has 2 amide bonds. The van der Waals surface area contributed by atoms with E-state index in [4.69, 9.17) is 0 Å². The predicted molar refractivity (Wildman–Crippen MR) is 142 cm³/mol. The molecule has 36 heavy (non-hydrogen) atoms. The first-order chi connectivity index (χ1) is 17.6. The average Bonchev–Trinajstić information content (AvgIpc) is 3.33. The molecule has 2 saturated heterocycles. The lowest BCUT2D eigenvalue weighted by molar-refractivity contribution is -0.136. The summed E-state index contributed by atoms with van der Waals surface area (Å²) in [5, 5.41) is 0. The number of para-hydroxylation sites is 1. The average molecular weight is 484 g/mol. The van der Waals surface area contributed by atoms with Crippen molar-refractivity contribution >= 4 is 23.3 Å². The number of rotatable bonds is 6. The Hall–Kier alpha value is -3.74. The first-order valence-corrected chi connectivity index (χ1v) is 12.9. The number of amides is 2. The van der Waals surface area contributed by atoms with Crippen molar-refractivity contribution in [1.29, 1.82) is 0 Å². The van der Waals surface area contributed by atoms with Gasteiger partial charge >= 0.3 is 0 Å². The van der Waals surface area contributed by atoms with Crippen molar-refractivity contribution in [1.82, 2.24) is 14.9 Å². The molecule has 2 aromatic carbocycles. The predicted octanol–water partition coefficient (Wildman–Crippen LogP) is 3.97. The van der Waals surface area contributed by atoms with E-state index < -0.39 is 0 Å². The smallest absolute Gasteiger partial charge is 0.228 e. The molecule has 2 aliphatic rings. The molecule has 186 valence electrons. The summed E-state index contributed by atoms with van der Waals surface area (Å²) in [5.74, 6) is 0.728. The second-order valence-corrected chi connectivity index (χ2v) is 9.48. The van der Waals surface area contributed by atoms with Crippen LogP contribution in [-0.2, 0) is 22.4 Å². The van der Waals surface area contributed by atoms with Gasteiger partial charge in [-0.3, -0.25) is 9.59 Å². The van der Waals surface area contributed by atoms with Crippen LogP contribution in [0.1, 0.15) is 31.4 Å². The minimum Gasteiger partial charge on any atom is -0.353 e. The van der Waals surface area contributed by atoms with Gasteiger partial charge < -0.3 is 14.7 Å². The van der Waals surface area contributed by atoms with Gasteiger partial charge in [0.1, 0.15) is 12.1 Å². The van der Waals surface area contributed by atoms with E-state index in [0.717, 1.165) is 35.6 Å². The fourth-order valence-corrected chi connectivity index (χ4v) is 5.35. The monoisotopic (exact) mass is 483 g/mol. The van der Waals surface area contributed by atoms with Crippen molar-refractivity contribution in [2.75, 3.05) is 42.5 Å². The van der Waals surface area contributed by atoms with Gasteiger partial charge in [0.15, 0.2) is 0 Å². The Bertz CT molecular complexity index is 1220. The zero-order chi connectivity index (χ0) is 25.1. The summed E-state index contributed by atoms with van der Waals surface area (Å²) < 4.78 is 0. The van der Waals surface area contributed by atoms with Gasteiger partial charge in [-0.15, -0.1) is 0 Å². The van der Waals surface area contributed by atoms with Crippen LogP contribution in [0.2, 0.25) is 0 Å². The minimum atomic E-state index is -0.289. The lowest BCUT2D eigenvalue weighted by Crippen LogP contribution is -2.51. The van der Waals surface area contributed by atoms with Crippen LogP contribution in [0.25, 0.3) is 11.3 Å². The van der Waals surface area contributed by atoms with E-state index in [2.05, 4.69) is 46.9 Å². The third-order valence-electron chi connectivity index (χ3n) is 7.35. The van der Waals surface area contributed by atoms with Gasteiger partial charge in [-0.25, -0.2) is 9.97 Å². The Morgan fingerprint density at radius 1 is 0.917 bits per heavy atom. The van der Waals surface area contributed by atoms with Crippen molar-refractivity contribution in [3.63, 3.8) is 0 Å². The summed E-state index contributed by atoms with van der Waals surface area (Å²) in [6.45, 7) is 7.36. The van der Waals surface area contributed by atoms with E-state index in [1.807, 2.05) is 46.2 Å². The summed E-state index contributed by atoms with van der Waals surface area (Å²) >= 11 is 0. The van der Waals surface area contributed by atoms with Gasteiger partial charge in [0.25, 0.3) is 0 Å². The van der Waals surface area contributed by atoms with Crippen molar-refractivity contribution in [2.24, 2.45) is 5.92 Å². The second kappa shape index (κ2) is 10.5. The maximum Gasteiger partial charge on any atom is 0.228 e. The number of anilines is 2. The lowest BCUT2D eigenvalue weighted by Gasteiger charge is -2.36. The SMILES string of the molecule is CCc1cccc(CC)c1N1CC(C(=O)N2CCN(c3cc(-c4ccccc4)ncn3)CC2)CC1=O. The zero-order valence-electron chi connectivity index (χ0n) is 21.1. The maximum absolute atomic E-state index is 13.4. The molecule has 3 heterocycles. The van der Waals surface area contributed by atoms with Crippen LogP contribution in [0.3, 0.4) is 0 Å². The van der Waals surface area contributed by atoms with Crippen molar-refractivity contribution in [2.45, 2.75) is 33.1 Å². The van der Waals surface area contributed by atoms with Gasteiger partial charge in [0.05, 0.1) is 11.6 Å². The lowest BCUT2D eigenvalue weighted by atomic mass is 10.0. The molecule has 0 spiro atoms. The molecule has 2 fully saturated rings. The number of nitrogens with zero attached hydrogens (tertiary/aromatic N) is 5. The van der Waals surface area contributed by atoms with E-state index in [0.29, 0.717) is 32.7 Å². The Morgan fingerprint density at radius 2 is 1.61 bits per heavy atom. The van der Waals surface area contributed by atoms with Gasteiger partial charge in [0.2, 0.25) is 11.8 Å². The van der Waals surface area contributed by atoms with Crippen LogP contribution >= 0.6 is 0 Å². The molecule has 0 aliphatic carbocycles.